The van der Waals surface area contributed by atoms with Gasteiger partial charge < -0.3 is 4.85 Å². The van der Waals surface area contributed by atoms with Gasteiger partial charge in [0.1, 0.15) is 0 Å². The SMILES string of the molecule is [C-]#[N+]CCC(CC=C)CC=C. The van der Waals surface area contributed by atoms with E-state index in [1.807, 2.05) is 12.2 Å². The van der Waals surface area contributed by atoms with Crippen molar-refractivity contribution < 1.29 is 0 Å². The molecule has 0 rings (SSSR count). The monoisotopic (exact) mass is 149 g/mol. The second-order valence-electron chi connectivity index (χ2n) is 2.59. The molecule has 0 aromatic carbocycles. The lowest BCUT2D eigenvalue weighted by Gasteiger charge is -2.07. The first-order valence-electron chi connectivity index (χ1n) is 3.90. The molecule has 0 radical (unpaired) electrons. The van der Waals surface area contributed by atoms with Gasteiger partial charge in [-0.2, -0.15) is 0 Å². The molecule has 0 atom stereocenters. The largest absolute Gasteiger partial charge is 0.317 e. The van der Waals surface area contributed by atoms with Gasteiger partial charge in [-0.25, -0.2) is 6.57 Å². The van der Waals surface area contributed by atoms with Crippen LogP contribution in [0.25, 0.3) is 4.85 Å². The fraction of sp³-hybridized carbons (Fsp3) is 0.500. The minimum Gasteiger partial charge on any atom is -0.317 e. The van der Waals surface area contributed by atoms with E-state index in [0.29, 0.717) is 12.5 Å². The topological polar surface area (TPSA) is 4.36 Å². The van der Waals surface area contributed by atoms with Crippen molar-refractivity contribution in [3.05, 3.63) is 36.7 Å². The van der Waals surface area contributed by atoms with Crippen molar-refractivity contribution in [3.8, 4) is 0 Å². The molecule has 0 aliphatic rings. The molecule has 0 aromatic rings. The van der Waals surface area contributed by atoms with Gasteiger partial charge >= 0.3 is 0 Å². The van der Waals surface area contributed by atoms with Crippen LogP contribution in [0.1, 0.15) is 19.3 Å². The summed E-state index contributed by atoms with van der Waals surface area (Å²) in [5, 5.41) is 0. The van der Waals surface area contributed by atoms with Crippen molar-refractivity contribution in [2.24, 2.45) is 5.92 Å². The molecule has 11 heavy (non-hydrogen) atoms. The zero-order chi connectivity index (χ0) is 8.53. The second-order valence-corrected chi connectivity index (χ2v) is 2.59. The Hall–Kier alpha value is -1.03. The van der Waals surface area contributed by atoms with Crippen LogP contribution >= 0.6 is 0 Å². The molecule has 0 saturated carbocycles. The Kier molecular flexibility index (Phi) is 6.42. The first-order valence-corrected chi connectivity index (χ1v) is 3.90. The highest BCUT2D eigenvalue weighted by atomic mass is 14.6. The third kappa shape index (κ3) is 5.42. The van der Waals surface area contributed by atoms with Gasteiger partial charge in [-0.15, -0.1) is 13.2 Å². The Bertz CT molecular complexity index is 143. The van der Waals surface area contributed by atoms with Crippen molar-refractivity contribution in [2.75, 3.05) is 6.54 Å². The number of nitrogens with zero attached hydrogens (tertiary/aromatic N) is 1. The van der Waals surface area contributed by atoms with E-state index >= 15 is 0 Å². The van der Waals surface area contributed by atoms with E-state index < -0.39 is 0 Å². The smallest absolute Gasteiger partial charge is 0.215 e. The second kappa shape index (κ2) is 7.08. The predicted octanol–water partition coefficient (Wildman–Crippen LogP) is 3.06. The Morgan fingerprint density at radius 3 is 2.18 bits per heavy atom. The Morgan fingerprint density at radius 2 is 1.82 bits per heavy atom. The van der Waals surface area contributed by atoms with E-state index in [1.165, 1.54) is 0 Å². The summed E-state index contributed by atoms with van der Waals surface area (Å²) in [5.41, 5.74) is 0. The minimum atomic E-state index is 0.582. The molecule has 0 spiro atoms. The van der Waals surface area contributed by atoms with Crippen LogP contribution in [0.5, 0.6) is 0 Å². The zero-order valence-electron chi connectivity index (χ0n) is 6.92. The summed E-state index contributed by atoms with van der Waals surface area (Å²) in [6, 6.07) is 0. The summed E-state index contributed by atoms with van der Waals surface area (Å²) >= 11 is 0. The number of hydrogen-bond donors (Lipinski definition) is 0. The van der Waals surface area contributed by atoms with Crippen LogP contribution in [-0.4, -0.2) is 6.54 Å². The van der Waals surface area contributed by atoms with Crippen LogP contribution in [0.4, 0.5) is 0 Å². The standard InChI is InChI=1S/C10H15N/c1-4-6-10(7-5-2)8-9-11-3/h4-5,10H,1-2,6-9H2. The summed E-state index contributed by atoms with van der Waals surface area (Å²) in [6.07, 6.45) is 6.81. The molecule has 0 bridgehead atoms. The zero-order valence-corrected chi connectivity index (χ0v) is 6.92. The molecule has 0 aliphatic heterocycles. The van der Waals surface area contributed by atoms with Gasteiger partial charge in [-0.05, 0) is 18.8 Å². The average Bonchev–Trinajstić information content (AvgIpc) is 2.01. The third-order valence-electron chi connectivity index (χ3n) is 1.65. The maximum absolute atomic E-state index is 6.63. The molecule has 1 nitrogen and oxygen atoms in total. The number of hydrogen-bond acceptors (Lipinski definition) is 0. The molecule has 1 heteroatoms. The summed E-state index contributed by atoms with van der Waals surface area (Å²) in [4.78, 5) is 3.32. The molecule has 0 saturated heterocycles. The normalized spacial score (nSPS) is 9.09. The van der Waals surface area contributed by atoms with Crippen molar-refractivity contribution in [2.45, 2.75) is 19.3 Å². The minimum absolute atomic E-state index is 0.582. The van der Waals surface area contributed by atoms with Gasteiger partial charge in [0.15, 0.2) is 0 Å². The van der Waals surface area contributed by atoms with E-state index in [-0.39, 0.29) is 0 Å². The Labute approximate surface area is 69.2 Å². The van der Waals surface area contributed by atoms with E-state index in [1.54, 1.807) is 0 Å². The van der Waals surface area contributed by atoms with Crippen LogP contribution in [-0.2, 0) is 0 Å². The van der Waals surface area contributed by atoms with Crippen LogP contribution in [0.3, 0.4) is 0 Å². The molecule has 0 heterocycles. The highest BCUT2D eigenvalue weighted by molar-refractivity contribution is 4.81. The molecule has 0 aliphatic carbocycles. The number of rotatable bonds is 6. The molecule has 0 N–H and O–H groups in total. The van der Waals surface area contributed by atoms with E-state index in [4.69, 9.17) is 6.57 Å². The molecule has 0 fully saturated rings. The molecule has 0 unspecified atom stereocenters. The first kappa shape index (κ1) is 9.97. The third-order valence-corrected chi connectivity index (χ3v) is 1.65. The summed E-state index contributed by atoms with van der Waals surface area (Å²) in [6.45, 7) is 14.6. The summed E-state index contributed by atoms with van der Waals surface area (Å²) in [7, 11) is 0. The summed E-state index contributed by atoms with van der Waals surface area (Å²) < 4.78 is 0. The van der Waals surface area contributed by atoms with Gasteiger partial charge in [0.25, 0.3) is 0 Å². The van der Waals surface area contributed by atoms with Gasteiger partial charge in [-0.1, -0.05) is 12.2 Å². The van der Waals surface area contributed by atoms with E-state index in [9.17, 15) is 0 Å². The van der Waals surface area contributed by atoms with Crippen molar-refractivity contribution in [3.63, 3.8) is 0 Å². The lowest BCUT2D eigenvalue weighted by atomic mass is 9.98. The van der Waals surface area contributed by atoms with Crippen LogP contribution in [0.15, 0.2) is 25.3 Å². The van der Waals surface area contributed by atoms with Crippen molar-refractivity contribution in [1.29, 1.82) is 0 Å². The van der Waals surface area contributed by atoms with Crippen molar-refractivity contribution in [1.82, 2.24) is 0 Å². The highest BCUT2D eigenvalue weighted by Gasteiger charge is 2.05. The van der Waals surface area contributed by atoms with Gasteiger partial charge in [0, 0.05) is 6.42 Å². The lowest BCUT2D eigenvalue weighted by Crippen LogP contribution is -1.98. The lowest BCUT2D eigenvalue weighted by molar-refractivity contribution is 0.519. The molecular formula is C10H15N. The van der Waals surface area contributed by atoms with Gasteiger partial charge in [0.05, 0.1) is 0 Å². The quantitative estimate of drug-likeness (QED) is 0.404. The fourth-order valence-electron chi connectivity index (χ4n) is 1.05. The van der Waals surface area contributed by atoms with Gasteiger partial charge in [-0.3, -0.25) is 0 Å². The molecule has 0 amide bonds. The van der Waals surface area contributed by atoms with Crippen LogP contribution in [0.2, 0.25) is 0 Å². The maximum atomic E-state index is 6.63. The Balaban J connectivity index is 3.60. The summed E-state index contributed by atoms with van der Waals surface area (Å²) in [5.74, 6) is 0.582. The van der Waals surface area contributed by atoms with E-state index in [2.05, 4.69) is 18.0 Å². The van der Waals surface area contributed by atoms with Gasteiger partial charge in [0.2, 0.25) is 6.54 Å². The Morgan fingerprint density at radius 1 is 1.27 bits per heavy atom. The van der Waals surface area contributed by atoms with Crippen LogP contribution < -0.4 is 0 Å². The molecule has 60 valence electrons. The van der Waals surface area contributed by atoms with Crippen LogP contribution in [0, 0.1) is 12.5 Å². The fourth-order valence-corrected chi connectivity index (χ4v) is 1.05. The average molecular weight is 149 g/mol. The number of allylic oxidation sites excluding steroid dienone is 2. The maximum Gasteiger partial charge on any atom is 0.215 e. The molecule has 0 aromatic heterocycles. The van der Waals surface area contributed by atoms with Crippen molar-refractivity contribution >= 4 is 0 Å². The van der Waals surface area contributed by atoms with E-state index in [0.717, 1.165) is 19.3 Å². The highest BCUT2D eigenvalue weighted by Crippen LogP contribution is 2.14. The first-order chi connectivity index (χ1) is 5.35. The predicted molar refractivity (Wildman–Crippen MR) is 49.2 cm³/mol. The molecular weight excluding hydrogens is 134 g/mol.